The van der Waals surface area contributed by atoms with Gasteiger partial charge in [-0.3, -0.25) is 38.7 Å². The van der Waals surface area contributed by atoms with E-state index >= 15 is 0 Å². The number of nitrogens with zero attached hydrogens (tertiary/aromatic N) is 3. The van der Waals surface area contributed by atoms with Crippen molar-refractivity contribution < 1.29 is 24.0 Å². The lowest BCUT2D eigenvalue weighted by molar-refractivity contribution is -0.126. The van der Waals surface area contributed by atoms with E-state index in [1.165, 1.54) is 263 Å². The zero-order valence-corrected chi connectivity index (χ0v) is 60.8. The molecule has 0 saturated heterocycles. The molecule has 0 aromatic heterocycles. The second kappa shape index (κ2) is 72.2. The molecule has 13 nitrogen and oxygen atoms in total. The third-order valence-electron chi connectivity index (χ3n) is 18.3. The van der Waals surface area contributed by atoms with Gasteiger partial charge < -0.3 is 26.6 Å². The molecule has 13 heteroatoms. The highest BCUT2D eigenvalue weighted by Gasteiger charge is 2.20. The molecule has 4 amide bonds. The molecular weight excluding hydrogens is 1120 g/mol. The molecule has 0 unspecified atom stereocenters. The Morgan fingerprint density at radius 3 is 0.678 bits per heavy atom. The SMILES string of the molecule is CCCCCCCCCCCCCC(=O)CNCCN(CCN(CCN(CC(=O)NCCCCCCCCCCCC)CC(=O)NCCCCCCCCCCCC)CC(=O)NCCCCCCCCCCCC)CC(=O)NCCCCCCCCCCCC. The number of rotatable bonds is 75. The summed E-state index contributed by atoms with van der Waals surface area (Å²) >= 11 is 0. The van der Waals surface area contributed by atoms with Crippen LogP contribution in [0.15, 0.2) is 0 Å². The zero-order valence-electron chi connectivity index (χ0n) is 60.8. The summed E-state index contributed by atoms with van der Waals surface area (Å²) in [6.45, 7) is 18.0. The zero-order chi connectivity index (χ0) is 65.5. The highest BCUT2D eigenvalue weighted by molar-refractivity contribution is 5.81. The fourth-order valence-corrected chi connectivity index (χ4v) is 12.3. The molecule has 0 heterocycles. The third-order valence-corrected chi connectivity index (χ3v) is 18.3. The van der Waals surface area contributed by atoms with Crippen molar-refractivity contribution in [3.05, 3.63) is 0 Å². The van der Waals surface area contributed by atoms with E-state index in [9.17, 15) is 24.0 Å². The molecule has 0 spiro atoms. The van der Waals surface area contributed by atoms with Crippen molar-refractivity contribution in [1.29, 1.82) is 0 Å². The van der Waals surface area contributed by atoms with Crippen LogP contribution in [0.3, 0.4) is 0 Å². The van der Waals surface area contributed by atoms with Crippen LogP contribution in [-0.2, 0) is 24.0 Å². The number of amides is 4. The summed E-state index contributed by atoms with van der Waals surface area (Å²) < 4.78 is 0. The van der Waals surface area contributed by atoms with E-state index in [2.05, 4.69) is 71.0 Å². The number of ketones is 1. The Balaban J connectivity index is 6.04. The van der Waals surface area contributed by atoms with Gasteiger partial charge in [0.15, 0.2) is 0 Å². The molecule has 0 bridgehead atoms. The summed E-state index contributed by atoms with van der Waals surface area (Å²) in [5.41, 5.74) is 0. The van der Waals surface area contributed by atoms with Gasteiger partial charge in [0.05, 0.1) is 32.7 Å². The van der Waals surface area contributed by atoms with Crippen LogP contribution in [0, 0.1) is 0 Å². The van der Waals surface area contributed by atoms with Crippen LogP contribution in [0.2, 0.25) is 0 Å². The number of unbranched alkanes of at least 4 members (excludes halogenated alkanes) is 46. The molecule has 0 fully saturated rings. The minimum Gasteiger partial charge on any atom is -0.355 e. The van der Waals surface area contributed by atoms with E-state index < -0.39 is 0 Å². The molecule has 0 radical (unpaired) electrons. The molecular formula is C77H154N8O5. The topological polar surface area (TPSA) is 155 Å². The van der Waals surface area contributed by atoms with Crippen molar-refractivity contribution in [2.45, 2.75) is 369 Å². The van der Waals surface area contributed by atoms with Crippen molar-refractivity contribution in [2.75, 3.05) is 98.2 Å². The van der Waals surface area contributed by atoms with E-state index in [-0.39, 0.29) is 55.6 Å². The smallest absolute Gasteiger partial charge is 0.234 e. The van der Waals surface area contributed by atoms with Crippen LogP contribution >= 0.6 is 0 Å². The van der Waals surface area contributed by atoms with Gasteiger partial charge >= 0.3 is 0 Å². The molecule has 0 aliphatic heterocycles. The first-order valence-corrected chi connectivity index (χ1v) is 39.6. The fraction of sp³-hybridized carbons (Fsp3) is 0.935. The van der Waals surface area contributed by atoms with Gasteiger partial charge in [0.2, 0.25) is 23.6 Å². The predicted octanol–water partition coefficient (Wildman–Crippen LogP) is 17.9. The number of carbonyl (C=O) groups is 5. The molecule has 0 rings (SSSR count). The maximum atomic E-state index is 13.8. The summed E-state index contributed by atoms with van der Waals surface area (Å²) in [5.74, 6) is 0.0620. The van der Waals surface area contributed by atoms with Gasteiger partial charge in [-0.1, -0.05) is 330 Å². The number of Topliss-reactive ketones (excluding diaryl/α,β-unsaturated/α-hetero) is 1. The van der Waals surface area contributed by atoms with Gasteiger partial charge in [-0.25, -0.2) is 0 Å². The normalized spacial score (nSPS) is 11.6. The summed E-state index contributed by atoms with van der Waals surface area (Å²) in [6, 6.07) is 0. The van der Waals surface area contributed by atoms with Crippen LogP contribution in [-0.4, -0.2) is 142 Å². The number of carbonyl (C=O) groups excluding carboxylic acids is 5. The van der Waals surface area contributed by atoms with E-state index in [0.717, 1.165) is 64.2 Å². The Labute approximate surface area is 558 Å². The minimum atomic E-state index is -0.0750. The van der Waals surface area contributed by atoms with Crippen molar-refractivity contribution in [3.63, 3.8) is 0 Å². The average Bonchev–Trinajstić information content (AvgIpc) is 3.73. The Morgan fingerprint density at radius 1 is 0.222 bits per heavy atom. The Hall–Kier alpha value is -2.61. The van der Waals surface area contributed by atoms with Gasteiger partial charge in [-0.15, -0.1) is 0 Å². The monoisotopic (exact) mass is 1270 g/mol. The molecule has 0 aromatic rings. The van der Waals surface area contributed by atoms with Crippen LogP contribution in [0.5, 0.6) is 0 Å². The maximum absolute atomic E-state index is 13.8. The molecule has 5 N–H and O–H groups in total. The molecule has 90 heavy (non-hydrogen) atoms. The van der Waals surface area contributed by atoms with Crippen molar-refractivity contribution in [2.24, 2.45) is 0 Å². The largest absolute Gasteiger partial charge is 0.355 e. The first-order valence-electron chi connectivity index (χ1n) is 39.6. The fourth-order valence-electron chi connectivity index (χ4n) is 12.3. The van der Waals surface area contributed by atoms with Crippen LogP contribution in [0.25, 0.3) is 0 Å². The Bertz CT molecular complexity index is 1510. The van der Waals surface area contributed by atoms with Crippen LogP contribution < -0.4 is 26.6 Å². The lowest BCUT2D eigenvalue weighted by Gasteiger charge is -2.29. The second-order valence-electron chi connectivity index (χ2n) is 27.4. The molecule has 0 aliphatic carbocycles. The van der Waals surface area contributed by atoms with Crippen molar-refractivity contribution >= 4 is 29.4 Å². The highest BCUT2D eigenvalue weighted by Crippen LogP contribution is 2.16. The highest BCUT2D eigenvalue weighted by atomic mass is 16.2. The van der Waals surface area contributed by atoms with Gasteiger partial charge in [-0.2, -0.15) is 0 Å². The maximum Gasteiger partial charge on any atom is 0.234 e. The standard InChI is InChI=1S/C77H154N8O5/c1-6-11-16-21-26-31-36-37-42-47-52-57-73(86)68-78-62-63-83(69-74(87)79-58-53-48-43-38-32-27-22-17-12-7-2)64-65-84(70-75(88)80-59-54-49-44-39-33-28-23-18-13-8-3)66-67-85(71-76(89)81-60-55-50-45-40-34-29-24-19-14-9-4)72-77(90)82-61-56-51-46-41-35-30-25-20-15-10-5/h78H,6-72H2,1-5H3,(H,79,87)(H,80,88)(H,81,89)(H,82,90). The van der Waals surface area contributed by atoms with Crippen LogP contribution in [0.4, 0.5) is 0 Å². The lowest BCUT2D eigenvalue weighted by Crippen LogP contribution is -2.49. The number of nitrogens with one attached hydrogen (secondary N) is 5. The van der Waals surface area contributed by atoms with Gasteiger partial charge in [0.25, 0.3) is 0 Å². The molecule has 0 atom stereocenters. The van der Waals surface area contributed by atoms with Gasteiger partial charge in [0, 0.05) is 71.9 Å². The van der Waals surface area contributed by atoms with E-state index in [1.54, 1.807) is 0 Å². The summed E-state index contributed by atoms with van der Waals surface area (Å²) in [5, 5.41) is 16.2. The van der Waals surface area contributed by atoms with E-state index in [1.807, 2.05) is 4.90 Å². The van der Waals surface area contributed by atoms with Gasteiger partial charge in [-0.05, 0) is 32.1 Å². The second-order valence-corrected chi connectivity index (χ2v) is 27.4. The average molecular weight is 1270 g/mol. The first kappa shape index (κ1) is 87.4. The molecule has 0 aromatic carbocycles. The minimum absolute atomic E-state index is 0.00177. The first-order chi connectivity index (χ1) is 44.2. The third kappa shape index (κ3) is 66.8. The molecule has 532 valence electrons. The molecule has 0 saturated carbocycles. The van der Waals surface area contributed by atoms with Gasteiger partial charge in [0.1, 0.15) is 5.78 Å². The quantitative estimate of drug-likeness (QED) is 0.0374. The summed E-state index contributed by atoms with van der Waals surface area (Å²) in [6.07, 6.45) is 64.0. The van der Waals surface area contributed by atoms with Crippen molar-refractivity contribution in [1.82, 2.24) is 41.3 Å². The summed E-state index contributed by atoms with van der Waals surface area (Å²) in [4.78, 5) is 74.1. The Morgan fingerprint density at radius 2 is 0.422 bits per heavy atom. The number of hydrogen-bond acceptors (Lipinski definition) is 9. The lowest BCUT2D eigenvalue weighted by atomic mass is 10.0. The Kier molecular flexibility index (Phi) is 70.1. The molecule has 0 aliphatic rings. The van der Waals surface area contributed by atoms with E-state index in [4.69, 9.17) is 0 Å². The number of hydrogen-bond donors (Lipinski definition) is 5. The van der Waals surface area contributed by atoms with Crippen LogP contribution in [0.1, 0.15) is 369 Å². The van der Waals surface area contributed by atoms with Crippen molar-refractivity contribution in [3.8, 4) is 0 Å². The summed E-state index contributed by atoms with van der Waals surface area (Å²) in [7, 11) is 0. The van der Waals surface area contributed by atoms with E-state index in [0.29, 0.717) is 78.4 Å². The predicted molar refractivity (Wildman–Crippen MR) is 388 cm³/mol.